The third-order valence-corrected chi connectivity index (χ3v) is 5.34. The van der Waals surface area contributed by atoms with Crippen LogP contribution in [0.15, 0.2) is 47.5 Å². The first-order chi connectivity index (χ1) is 12.6. The quantitative estimate of drug-likeness (QED) is 0.847. The van der Waals surface area contributed by atoms with Crippen LogP contribution in [-0.2, 0) is 11.3 Å². The second kappa shape index (κ2) is 6.87. The summed E-state index contributed by atoms with van der Waals surface area (Å²) in [7, 11) is 0. The van der Waals surface area contributed by atoms with Crippen LogP contribution < -0.4 is 10.6 Å². The fraction of sp³-hybridized carbons (Fsp3) is 0.333. The highest BCUT2D eigenvalue weighted by atomic mass is 32.1. The number of nitrogens with one attached hydrogen (secondary N) is 2. The number of rotatable bonds is 5. The zero-order chi connectivity index (χ0) is 18.1. The Hall–Kier alpha value is -2.74. The Morgan fingerprint density at radius 3 is 2.85 bits per heavy atom. The third-order valence-electron chi connectivity index (χ3n) is 4.58. The molecular formula is C18H19N5O2S. The highest BCUT2D eigenvalue weighted by Crippen LogP contribution is 2.34. The molecule has 2 aromatic rings. The van der Waals surface area contributed by atoms with Crippen molar-refractivity contribution in [2.75, 3.05) is 0 Å². The molecule has 2 aromatic heterocycles. The maximum absolute atomic E-state index is 13.4. The van der Waals surface area contributed by atoms with Crippen LogP contribution in [0.5, 0.6) is 0 Å². The summed E-state index contributed by atoms with van der Waals surface area (Å²) in [5.41, 5.74) is 3.71. The van der Waals surface area contributed by atoms with Crippen LogP contribution in [-0.4, -0.2) is 32.8 Å². The van der Waals surface area contributed by atoms with E-state index in [2.05, 4.69) is 20.6 Å². The van der Waals surface area contributed by atoms with Crippen molar-refractivity contribution in [3.05, 3.63) is 57.9 Å². The highest BCUT2D eigenvalue weighted by Gasteiger charge is 2.39. The monoisotopic (exact) mass is 369 g/mol. The van der Waals surface area contributed by atoms with E-state index in [1.807, 2.05) is 11.0 Å². The average molecular weight is 369 g/mol. The van der Waals surface area contributed by atoms with Crippen LogP contribution in [0.3, 0.4) is 0 Å². The molecule has 0 saturated heterocycles. The summed E-state index contributed by atoms with van der Waals surface area (Å²) in [4.78, 5) is 36.6. The molecular weight excluding hydrogens is 350 g/mol. The number of hydrogen-bond acceptors (Lipinski definition) is 5. The lowest BCUT2D eigenvalue weighted by Crippen LogP contribution is -2.48. The molecule has 1 atom stereocenters. The Balaban J connectivity index is 1.68. The molecule has 0 bridgehead atoms. The predicted molar refractivity (Wildman–Crippen MR) is 97.0 cm³/mol. The molecule has 0 aromatic carbocycles. The van der Waals surface area contributed by atoms with Gasteiger partial charge in [-0.25, -0.2) is 4.79 Å². The van der Waals surface area contributed by atoms with Gasteiger partial charge in [-0.3, -0.25) is 14.8 Å². The summed E-state index contributed by atoms with van der Waals surface area (Å²) in [6, 6.07) is 3.10. The largest absolute Gasteiger partial charge is 0.331 e. The topological polar surface area (TPSA) is 87.2 Å². The minimum Gasteiger partial charge on any atom is -0.331 e. The first-order valence-corrected chi connectivity index (χ1v) is 9.38. The molecule has 0 spiro atoms. The number of carbonyl (C=O) groups is 2. The molecule has 2 N–H and O–H groups in total. The number of aromatic nitrogens is 2. The van der Waals surface area contributed by atoms with E-state index in [0.29, 0.717) is 17.8 Å². The Morgan fingerprint density at radius 2 is 2.19 bits per heavy atom. The number of nitrogens with zero attached hydrogens (tertiary/aromatic N) is 3. The standard InChI is InChI=1S/C18H19N5O2S/c1-11-15(16(22-18(25)21-11)12-3-2-6-19-7-12)17(24)23(13-4-5-13)9-14-8-20-10-26-14/h2-3,6-8,10,13,16H,4-5,9H2,1H3,(H2,21,22,25). The molecule has 1 unspecified atom stereocenters. The molecule has 26 heavy (non-hydrogen) atoms. The van der Waals surface area contributed by atoms with Crippen LogP contribution in [0.1, 0.15) is 36.2 Å². The van der Waals surface area contributed by atoms with Crippen molar-refractivity contribution < 1.29 is 9.59 Å². The Labute approximate surface area is 155 Å². The van der Waals surface area contributed by atoms with Gasteiger partial charge in [0, 0.05) is 35.2 Å². The van der Waals surface area contributed by atoms with Crippen LogP contribution >= 0.6 is 11.3 Å². The maximum atomic E-state index is 13.4. The van der Waals surface area contributed by atoms with E-state index < -0.39 is 6.04 Å². The highest BCUT2D eigenvalue weighted by molar-refractivity contribution is 7.09. The van der Waals surface area contributed by atoms with Crippen molar-refractivity contribution >= 4 is 23.3 Å². The van der Waals surface area contributed by atoms with Gasteiger partial charge in [0.05, 0.1) is 23.7 Å². The van der Waals surface area contributed by atoms with Gasteiger partial charge in [0.15, 0.2) is 0 Å². The van der Waals surface area contributed by atoms with Crippen LogP contribution in [0.4, 0.5) is 4.79 Å². The number of urea groups is 1. The van der Waals surface area contributed by atoms with Gasteiger partial charge in [-0.05, 0) is 31.4 Å². The second-order valence-electron chi connectivity index (χ2n) is 6.49. The first kappa shape index (κ1) is 16.7. The molecule has 1 saturated carbocycles. The Kier molecular flexibility index (Phi) is 4.42. The van der Waals surface area contributed by atoms with Gasteiger partial charge in [0.25, 0.3) is 5.91 Å². The van der Waals surface area contributed by atoms with E-state index in [-0.39, 0.29) is 18.0 Å². The molecule has 1 aliphatic carbocycles. The van der Waals surface area contributed by atoms with Crippen LogP contribution in [0.25, 0.3) is 0 Å². The lowest BCUT2D eigenvalue weighted by Gasteiger charge is -2.32. The number of thiazole rings is 1. The average Bonchev–Trinajstić information content (AvgIpc) is 3.35. The molecule has 2 aliphatic rings. The second-order valence-corrected chi connectivity index (χ2v) is 7.46. The van der Waals surface area contributed by atoms with Crippen molar-refractivity contribution in [1.29, 1.82) is 0 Å². The van der Waals surface area contributed by atoms with Gasteiger partial charge in [0.1, 0.15) is 0 Å². The fourth-order valence-corrected chi connectivity index (χ4v) is 3.76. The van der Waals surface area contributed by atoms with Gasteiger partial charge in [-0.15, -0.1) is 11.3 Å². The molecule has 1 aliphatic heterocycles. The minimum atomic E-state index is -0.507. The molecule has 3 amide bonds. The summed E-state index contributed by atoms with van der Waals surface area (Å²) in [6.07, 6.45) is 7.17. The SMILES string of the molecule is CC1=C(C(=O)N(Cc2cncs2)C2CC2)C(c2cccnc2)NC(=O)N1. The summed E-state index contributed by atoms with van der Waals surface area (Å²) in [5.74, 6) is -0.0558. The van der Waals surface area contributed by atoms with Crippen molar-refractivity contribution in [2.45, 2.75) is 38.4 Å². The summed E-state index contributed by atoms with van der Waals surface area (Å²) >= 11 is 1.54. The van der Waals surface area contributed by atoms with Gasteiger partial charge in [-0.1, -0.05) is 6.07 Å². The number of allylic oxidation sites excluding steroid dienone is 1. The zero-order valence-corrected chi connectivity index (χ0v) is 15.1. The van der Waals surface area contributed by atoms with Crippen molar-refractivity contribution in [3.63, 3.8) is 0 Å². The first-order valence-electron chi connectivity index (χ1n) is 8.50. The van der Waals surface area contributed by atoms with E-state index in [0.717, 1.165) is 23.3 Å². The fourth-order valence-electron chi connectivity index (χ4n) is 3.17. The number of hydrogen-bond donors (Lipinski definition) is 2. The molecule has 7 nitrogen and oxygen atoms in total. The molecule has 4 rings (SSSR count). The van der Waals surface area contributed by atoms with E-state index in [1.165, 1.54) is 0 Å². The molecule has 1 fully saturated rings. The Morgan fingerprint density at radius 1 is 1.35 bits per heavy atom. The predicted octanol–water partition coefficient (Wildman–Crippen LogP) is 2.36. The van der Waals surface area contributed by atoms with E-state index in [1.54, 1.807) is 48.4 Å². The number of carbonyl (C=O) groups excluding carboxylic acids is 2. The van der Waals surface area contributed by atoms with E-state index >= 15 is 0 Å². The van der Waals surface area contributed by atoms with Gasteiger partial charge in [-0.2, -0.15) is 0 Å². The van der Waals surface area contributed by atoms with Gasteiger partial charge >= 0.3 is 6.03 Å². The van der Waals surface area contributed by atoms with Crippen LogP contribution in [0.2, 0.25) is 0 Å². The van der Waals surface area contributed by atoms with Crippen molar-refractivity contribution in [1.82, 2.24) is 25.5 Å². The lowest BCUT2D eigenvalue weighted by molar-refractivity contribution is -0.128. The van der Waals surface area contributed by atoms with Gasteiger partial charge in [0.2, 0.25) is 0 Å². The summed E-state index contributed by atoms with van der Waals surface area (Å²) in [5, 5.41) is 5.60. The molecule has 134 valence electrons. The minimum absolute atomic E-state index is 0.0558. The summed E-state index contributed by atoms with van der Waals surface area (Å²) < 4.78 is 0. The third kappa shape index (κ3) is 3.32. The molecule has 8 heteroatoms. The Bertz CT molecular complexity index is 846. The lowest BCUT2D eigenvalue weighted by atomic mass is 9.95. The van der Waals surface area contributed by atoms with Gasteiger partial charge < -0.3 is 15.5 Å². The number of amides is 3. The van der Waals surface area contributed by atoms with Crippen molar-refractivity contribution in [2.24, 2.45) is 0 Å². The number of pyridine rings is 1. The normalized spacial score (nSPS) is 19.7. The zero-order valence-electron chi connectivity index (χ0n) is 14.3. The van der Waals surface area contributed by atoms with E-state index in [9.17, 15) is 9.59 Å². The van der Waals surface area contributed by atoms with Crippen LogP contribution in [0, 0.1) is 0 Å². The molecule has 0 radical (unpaired) electrons. The summed E-state index contributed by atoms with van der Waals surface area (Å²) in [6.45, 7) is 2.31. The van der Waals surface area contributed by atoms with E-state index in [4.69, 9.17) is 0 Å². The smallest absolute Gasteiger partial charge is 0.319 e. The molecule has 3 heterocycles. The van der Waals surface area contributed by atoms with Crippen molar-refractivity contribution in [3.8, 4) is 0 Å². The maximum Gasteiger partial charge on any atom is 0.319 e.